The van der Waals surface area contributed by atoms with E-state index in [1.54, 1.807) is 19.3 Å². The van der Waals surface area contributed by atoms with Crippen molar-refractivity contribution in [1.29, 1.82) is 0 Å². The summed E-state index contributed by atoms with van der Waals surface area (Å²) in [4.78, 5) is 4.21. The van der Waals surface area contributed by atoms with Gasteiger partial charge in [0.1, 0.15) is 5.82 Å². The summed E-state index contributed by atoms with van der Waals surface area (Å²) in [5.74, 6) is -0.175. The topological polar surface area (TPSA) is 29.9 Å². The third kappa shape index (κ3) is 1.82. The number of hydrogen-bond acceptors (Lipinski definition) is 2. The first-order valence-corrected chi connectivity index (χ1v) is 6.28. The number of benzene rings is 1. The van der Waals surface area contributed by atoms with Gasteiger partial charge in [-0.3, -0.25) is 0 Å². The molecule has 3 rings (SSSR count). The lowest BCUT2D eigenvalue weighted by Crippen LogP contribution is -2.16. The van der Waals surface area contributed by atoms with Crippen LogP contribution in [0.4, 0.5) is 4.39 Å². The molecule has 1 fully saturated rings. The lowest BCUT2D eigenvalue weighted by Gasteiger charge is -2.15. The zero-order valence-corrected chi connectivity index (χ0v) is 10.4. The Kier molecular flexibility index (Phi) is 2.88. The number of rotatable bonds is 2. The van der Waals surface area contributed by atoms with Crippen LogP contribution < -0.4 is 5.32 Å². The molecule has 1 saturated heterocycles. The Hall–Kier alpha value is -1.68. The molecule has 18 heavy (non-hydrogen) atoms. The van der Waals surface area contributed by atoms with E-state index in [0.29, 0.717) is 11.6 Å². The van der Waals surface area contributed by atoms with Crippen LogP contribution in [-0.4, -0.2) is 16.1 Å². The van der Waals surface area contributed by atoms with Crippen molar-refractivity contribution in [1.82, 2.24) is 14.9 Å². The molecule has 1 aliphatic heterocycles. The molecule has 1 N–H and O–H groups in total. The van der Waals surface area contributed by atoms with Gasteiger partial charge in [0.05, 0.1) is 23.9 Å². The summed E-state index contributed by atoms with van der Waals surface area (Å²) in [7, 11) is 0. The Morgan fingerprint density at radius 2 is 2.33 bits per heavy atom. The van der Waals surface area contributed by atoms with E-state index in [1.807, 2.05) is 16.8 Å². The minimum absolute atomic E-state index is 0.175. The van der Waals surface area contributed by atoms with E-state index in [1.165, 1.54) is 12.5 Å². The Labute approximate surface area is 106 Å². The summed E-state index contributed by atoms with van der Waals surface area (Å²) < 4.78 is 15.6. The van der Waals surface area contributed by atoms with Gasteiger partial charge >= 0.3 is 0 Å². The van der Waals surface area contributed by atoms with Crippen LogP contribution in [0, 0.1) is 12.7 Å². The van der Waals surface area contributed by atoms with Crippen molar-refractivity contribution in [2.24, 2.45) is 0 Å². The van der Waals surface area contributed by atoms with Crippen LogP contribution in [0.1, 0.15) is 30.1 Å². The molecule has 1 atom stereocenters. The molecular weight excluding hydrogens is 229 g/mol. The SMILES string of the molecule is Cc1c(F)cccc1-n1cncc1[C@@H]1CCCN1. The molecule has 94 valence electrons. The number of halogens is 1. The highest BCUT2D eigenvalue weighted by Crippen LogP contribution is 2.26. The van der Waals surface area contributed by atoms with E-state index >= 15 is 0 Å². The Morgan fingerprint density at radius 1 is 1.44 bits per heavy atom. The predicted octanol–water partition coefficient (Wildman–Crippen LogP) is 2.74. The minimum Gasteiger partial charge on any atom is -0.309 e. The highest BCUT2D eigenvalue weighted by atomic mass is 19.1. The molecule has 0 radical (unpaired) electrons. The van der Waals surface area contributed by atoms with Crippen LogP contribution in [0.2, 0.25) is 0 Å². The van der Waals surface area contributed by atoms with Gasteiger partial charge in [0, 0.05) is 11.6 Å². The average Bonchev–Trinajstić information content (AvgIpc) is 3.01. The molecule has 1 aromatic heterocycles. The molecule has 0 amide bonds. The van der Waals surface area contributed by atoms with E-state index in [2.05, 4.69) is 10.3 Å². The zero-order valence-electron chi connectivity index (χ0n) is 10.4. The maximum absolute atomic E-state index is 13.6. The van der Waals surface area contributed by atoms with Gasteiger partial charge < -0.3 is 9.88 Å². The molecule has 3 nitrogen and oxygen atoms in total. The van der Waals surface area contributed by atoms with E-state index in [0.717, 1.165) is 24.3 Å². The van der Waals surface area contributed by atoms with Crippen LogP contribution in [0.25, 0.3) is 5.69 Å². The minimum atomic E-state index is -0.175. The van der Waals surface area contributed by atoms with Crippen LogP contribution in [0.5, 0.6) is 0 Å². The largest absolute Gasteiger partial charge is 0.309 e. The standard InChI is InChI=1S/C14H16FN3/c1-10-11(15)4-2-6-13(10)18-9-16-8-14(18)12-5-3-7-17-12/h2,4,6,8-9,12,17H,3,5,7H2,1H3/t12-/m0/s1. The summed E-state index contributed by atoms with van der Waals surface area (Å²) >= 11 is 0. The molecule has 1 aliphatic rings. The maximum Gasteiger partial charge on any atom is 0.128 e. The van der Waals surface area contributed by atoms with Crippen molar-refractivity contribution in [3.05, 3.63) is 47.8 Å². The number of imidazole rings is 1. The third-order valence-electron chi connectivity index (χ3n) is 3.58. The first-order chi connectivity index (χ1) is 8.77. The van der Waals surface area contributed by atoms with Crippen molar-refractivity contribution in [3.8, 4) is 5.69 Å². The Morgan fingerprint density at radius 3 is 3.11 bits per heavy atom. The molecule has 0 unspecified atom stereocenters. The Bertz CT molecular complexity index is 556. The molecule has 2 heterocycles. The zero-order chi connectivity index (χ0) is 12.5. The first-order valence-electron chi connectivity index (χ1n) is 6.28. The number of nitrogens with one attached hydrogen (secondary N) is 1. The van der Waals surface area contributed by atoms with E-state index < -0.39 is 0 Å². The normalized spacial score (nSPS) is 19.3. The van der Waals surface area contributed by atoms with Crippen molar-refractivity contribution in [2.45, 2.75) is 25.8 Å². The molecule has 0 spiro atoms. The average molecular weight is 245 g/mol. The summed E-state index contributed by atoms with van der Waals surface area (Å²) in [6.45, 7) is 2.84. The smallest absolute Gasteiger partial charge is 0.128 e. The number of aromatic nitrogens is 2. The molecule has 1 aromatic carbocycles. The summed E-state index contributed by atoms with van der Waals surface area (Å²) in [5, 5.41) is 3.45. The highest BCUT2D eigenvalue weighted by molar-refractivity contribution is 5.42. The van der Waals surface area contributed by atoms with E-state index in [4.69, 9.17) is 0 Å². The fourth-order valence-corrected chi connectivity index (χ4v) is 2.56. The van der Waals surface area contributed by atoms with Gasteiger partial charge in [-0.15, -0.1) is 0 Å². The quantitative estimate of drug-likeness (QED) is 0.881. The van der Waals surface area contributed by atoms with Crippen LogP contribution in [-0.2, 0) is 0 Å². The highest BCUT2D eigenvalue weighted by Gasteiger charge is 2.21. The monoisotopic (exact) mass is 245 g/mol. The number of nitrogens with zero attached hydrogens (tertiary/aromatic N) is 2. The lowest BCUT2D eigenvalue weighted by atomic mass is 10.1. The van der Waals surface area contributed by atoms with Gasteiger partial charge in [-0.2, -0.15) is 0 Å². The van der Waals surface area contributed by atoms with Gasteiger partial charge in [-0.25, -0.2) is 9.37 Å². The van der Waals surface area contributed by atoms with E-state index in [-0.39, 0.29) is 5.82 Å². The lowest BCUT2D eigenvalue weighted by molar-refractivity contribution is 0.604. The van der Waals surface area contributed by atoms with Crippen LogP contribution >= 0.6 is 0 Å². The van der Waals surface area contributed by atoms with Crippen LogP contribution in [0.3, 0.4) is 0 Å². The molecule has 2 aromatic rings. The van der Waals surface area contributed by atoms with Crippen molar-refractivity contribution >= 4 is 0 Å². The fraction of sp³-hybridized carbons (Fsp3) is 0.357. The van der Waals surface area contributed by atoms with Gasteiger partial charge in [0.25, 0.3) is 0 Å². The van der Waals surface area contributed by atoms with E-state index in [9.17, 15) is 4.39 Å². The van der Waals surface area contributed by atoms with Crippen molar-refractivity contribution in [2.75, 3.05) is 6.54 Å². The van der Waals surface area contributed by atoms with Gasteiger partial charge in [0.2, 0.25) is 0 Å². The van der Waals surface area contributed by atoms with Gasteiger partial charge in [-0.05, 0) is 38.4 Å². The van der Waals surface area contributed by atoms with Crippen molar-refractivity contribution < 1.29 is 4.39 Å². The third-order valence-corrected chi connectivity index (χ3v) is 3.58. The summed E-state index contributed by atoms with van der Waals surface area (Å²) in [6.07, 6.45) is 5.92. The predicted molar refractivity (Wildman–Crippen MR) is 68.2 cm³/mol. The number of hydrogen-bond donors (Lipinski definition) is 1. The molecule has 0 aliphatic carbocycles. The maximum atomic E-state index is 13.6. The second-order valence-electron chi connectivity index (χ2n) is 4.72. The van der Waals surface area contributed by atoms with Crippen LogP contribution in [0.15, 0.2) is 30.7 Å². The first kappa shape index (κ1) is 11.4. The van der Waals surface area contributed by atoms with Crippen molar-refractivity contribution in [3.63, 3.8) is 0 Å². The molecule has 4 heteroatoms. The van der Waals surface area contributed by atoms with Gasteiger partial charge in [-0.1, -0.05) is 6.07 Å². The summed E-state index contributed by atoms with van der Waals surface area (Å²) in [6, 6.07) is 5.49. The summed E-state index contributed by atoms with van der Waals surface area (Å²) in [5.41, 5.74) is 2.65. The Balaban J connectivity index is 2.06. The fourth-order valence-electron chi connectivity index (χ4n) is 2.56. The molecule has 0 bridgehead atoms. The molecule has 0 saturated carbocycles. The second kappa shape index (κ2) is 4.53. The second-order valence-corrected chi connectivity index (χ2v) is 4.72. The van der Waals surface area contributed by atoms with Gasteiger partial charge in [0.15, 0.2) is 0 Å². The molecular formula is C14H16FN3.